The fourth-order valence-electron chi connectivity index (χ4n) is 4.31. The normalized spacial score (nSPS) is 32.0. The topological polar surface area (TPSA) is 306 Å². The number of aliphatic hydroxyl groups is 4. The molecular formula is C19H25N8O12P. The van der Waals surface area contributed by atoms with E-state index in [0.717, 1.165) is 15.5 Å². The van der Waals surface area contributed by atoms with Crippen LogP contribution in [0.3, 0.4) is 0 Å². The minimum absolute atomic E-state index is 0.0390. The molecule has 21 heteroatoms. The highest BCUT2D eigenvalue weighted by atomic mass is 31.2. The summed E-state index contributed by atoms with van der Waals surface area (Å²) in [5.74, 6) is -0.296. The summed E-state index contributed by atoms with van der Waals surface area (Å²) in [6.07, 6.45) is -9.49. The lowest BCUT2D eigenvalue weighted by Gasteiger charge is -2.20. The van der Waals surface area contributed by atoms with E-state index in [2.05, 4.69) is 19.9 Å². The Balaban J connectivity index is 1.20. The van der Waals surface area contributed by atoms with Crippen LogP contribution in [0.15, 0.2) is 28.2 Å². The van der Waals surface area contributed by atoms with Crippen molar-refractivity contribution >= 4 is 30.8 Å². The van der Waals surface area contributed by atoms with Gasteiger partial charge in [0.25, 0.3) is 5.56 Å². The van der Waals surface area contributed by atoms with Gasteiger partial charge in [-0.1, -0.05) is 0 Å². The van der Waals surface area contributed by atoms with E-state index in [1.54, 1.807) is 0 Å². The molecule has 2 aliphatic heterocycles. The lowest BCUT2D eigenvalue weighted by atomic mass is 10.1. The molecule has 0 spiro atoms. The predicted molar refractivity (Wildman–Crippen MR) is 129 cm³/mol. The lowest BCUT2D eigenvalue weighted by molar-refractivity contribution is -0.0626. The average Bonchev–Trinajstić information content (AvgIpc) is 3.52. The number of hydrogen-bond acceptors (Lipinski definition) is 16. The van der Waals surface area contributed by atoms with Gasteiger partial charge < -0.3 is 46.3 Å². The van der Waals surface area contributed by atoms with Crippen LogP contribution >= 0.6 is 7.82 Å². The van der Waals surface area contributed by atoms with E-state index in [1.165, 1.54) is 12.3 Å². The Labute approximate surface area is 222 Å². The quantitative estimate of drug-likeness (QED) is 0.116. The Hall–Kier alpha value is -3.30. The van der Waals surface area contributed by atoms with Gasteiger partial charge in [0.05, 0.1) is 19.5 Å². The highest BCUT2D eigenvalue weighted by molar-refractivity contribution is 7.47. The average molecular weight is 588 g/mol. The monoisotopic (exact) mass is 588 g/mol. The Morgan fingerprint density at radius 3 is 2.10 bits per heavy atom. The molecule has 3 aromatic rings. The van der Waals surface area contributed by atoms with Crippen LogP contribution in [0.4, 0.5) is 11.8 Å². The van der Waals surface area contributed by atoms with Crippen LogP contribution in [0.25, 0.3) is 11.2 Å². The predicted octanol–water partition coefficient (Wildman–Crippen LogP) is -4.09. The summed E-state index contributed by atoms with van der Waals surface area (Å²) in [6.45, 7) is -1.49. The first kappa shape index (κ1) is 28.2. The van der Waals surface area contributed by atoms with Crippen LogP contribution in [0, 0.1) is 0 Å². The maximum absolute atomic E-state index is 12.5. The molecule has 40 heavy (non-hydrogen) atoms. The summed E-state index contributed by atoms with van der Waals surface area (Å²) in [6, 6.07) is 1.27. The summed E-state index contributed by atoms with van der Waals surface area (Å²) in [5, 5.41) is 41.5. The van der Waals surface area contributed by atoms with Crippen molar-refractivity contribution in [3.05, 3.63) is 39.4 Å². The highest BCUT2D eigenvalue weighted by Gasteiger charge is 2.47. The zero-order valence-electron chi connectivity index (χ0n) is 20.2. The van der Waals surface area contributed by atoms with Gasteiger partial charge in [-0.3, -0.25) is 28.0 Å². The van der Waals surface area contributed by atoms with E-state index >= 15 is 0 Å². The molecular weight excluding hydrogens is 563 g/mol. The molecule has 3 aromatic heterocycles. The summed E-state index contributed by atoms with van der Waals surface area (Å²) in [5.41, 5.74) is 9.35. The number of hydrogen-bond donors (Lipinski definition) is 8. The van der Waals surface area contributed by atoms with Crippen molar-refractivity contribution in [3.8, 4) is 0 Å². The van der Waals surface area contributed by atoms with E-state index < -0.39 is 81.4 Å². The standard InChI is InChI=1S/C19H25N8O12P/c20-8-1-2-26(19(33)23-8)16-12(30)10(28)6(38-16)3-36-40(34,35)37-4-7-11(29)13(31)17(39-7)27-5-22-9-14(27)24-18(21)25-15(9)32/h1-2,5-7,10-13,16-17,28-31H,3-4H2,(H,34,35)(H2,20,23,33)(H3,21,24,25,32)/t6-,7-,10?,11?,12?,13?,16-,17-/m1/s1. The Morgan fingerprint density at radius 1 is 0.950 bits per heavy atom. The van der Waals surface area contributed by atoms with Gasteiger partial charge in [-0.25, -0.2) is 14.3 Å². The molecule has 2 fully saturated rings. The molecule has 0 aromatic carbocycles. The lowest BCUT2D eigenvalue weighted by Crippen LogP contribution is -2.36. The Bertz CT molecular complexity index is 1560. The number of nitrogens with zero attached hydrogens (tertiary/aromatic N) is 5. The minimum atomic E-state index is -4.87. The fraction of sp³-hybridized carbons (Fsp3) is 0.526. The van der Waals surface area contributed by atoms with Crippen LogP contribution in [0.5, 0.6) is 0 Å². The summed E-state index contributed by atoms with van der Waals surface area (Å²) >= 11 is 0. The molecule has 9 atom stereocenters. The van der Waals surface area contributed by atoms with Crippen LogP contribution in [-0.4, -0.2) is 104 Å². The van der Waals surface area contributed by atoms with Gasteiger partial charge >= 0.3 is 13.5 Å². The van der Waals surface area contributed by atoms with Gasteiger partial charge in [0.15, 0.2) is 23.6 Å². The van der Waals surface area contributed by atoms with Crippen molar-refractivity contribution in [2.75, 3.05) is 24.7 Å². The third kappa shape index (κ3) is 5.24. The van der Waals surface area contributed by atoms with Gasteiger partial charge in [0.2, 0.25) is 5.95 Å². The van der Waals surface area contributed by atoms with Crippen molar-refractivity contribution in [1.29, 1.82) is 0 Å². The highest BCUT2D eigenvalue weighted by Crippen LogP contribution is 2.45. The van der Waals surface area contributed by atoms with E-state index in [1.807, 2.05) is 0 Å². The van der Waals surface area contributed by atoms with Crippen molar-refractivity contribution in [3.63, 3.8) is 0 Å². The van der Waals surface area contributed by atoms with Gasteiger partial charge in [-0.15, -0.1) is 0 Å². The molecule has 5 rings (SSSR count). The molecule has 2 aliphatic rings. The zero-order chi connectivity index (χ0) is 28.9. The molecule has 10 N–H and O–H groups in total. The van der Waals surface area contributed by atoms with Crippen LogP contribution in [-0.2, 0) is 23.1 Å². The maximum atomic E-state index is 12.5. The van der Waals surface area contributed by atoms with Crippen molar-refractivity contribution < 1.29 is 48.4 Å². The number of nitrogens with one attached hydrogen (secondary N) is 1. The van der Waals surface area contributed by atoms with Crippen molar-refractivity contribution in [2.24, 2.45) is 0 Å². The zero-order valence-corrected chi connectivity index (χ0v) is 21.1. The number of nitrogen functional groups attached to an aromatic ring is 2. The molecule has 0 saturated carbocycles. The van der Waals surface area contributed by atoms with Crippen LogP contribution < -0.4 is 22.7 Å². The molecule has 5 unspecified atom stereocenters. The molecule has 2 saturated heterocycles. The third-order valence-corrected chi connectivity index (χ3v) is 7.28. The first-order valence-electron chi connectivity index (χ1n) is 11.6. The van der Waals surface area contributed by atoms with E-state index in [-0.39, 0.29) is 22.9 Å². The largest absolute Gasteiger partial charge is 0.472 e. The molecule has 0 radical (unpaired) electrons. The number of nitrogens with two attached hydrogens (primary N) is 2. The van der Waals surface area contributed by atoms with Crippen LogP contribution in [0.1, 0.15) is 12.5 Å². The van der Waals surface area contributed by atoms with E-state index in [0.29, 0.717) is 0 Å². The molecule has 0 aliphatic carbocycles. The van der Waals surface area contributed by atoms with Gasteiger partial charge in [0.1, 0.15) is 42.4 Å². The molecule has 0 amide bonds. The first-order valence-corrected chi connectivity index (χ1v) is 13.1. The molecule has 0 bridgehead atoms. The second-order valence-corrected chi connectivity index (χ2v) is 10.4. The van der Waals surface area contributed by atoms with E-state index in [9.17, 15) is 39.5 Å². The molecule has 20 nitrogen and oxygen atoms in total. The fourth-order valence-corrected chi connectivity index (χ4v) is 5.06. The summed E-state index contributed by atoms with van der Waals surface area (Å²) in [7, 11) is -4.87. The SMILES string of the molecule is Nc1ccn([C@@H]2O[C@H](COP(=O)(O)OC[C@H]3O[C@@H](n4cnc5c(=O)[nH]c(N)nc54)C(O)C3O)C(O)C2O)c(=O)n1. The second-order valence-electron chi connectivity index (χ2n) is 8.97. The second kappa shape index (κ2) is 10.6. The maximum Gasteiger partial charge on any atom is 0.472 e. The first-order chi connectivity index (χ1) is 18.9. The summed E-state index contributed by atoms with van der Waals surface area (Å²) < 4.78 is 35.3. The number of imidazole rings is 1. The number of phosphoric acid groups is 1. The number of ether oxygens (including phenoxy) is 2. The smallest absolute Gasteiger partial charge is 0.387 e. The number of fused-ring (bicyclic) bond motifs is 1. The van der Waals surface area contributed by atoms with Gasteiger partial charge in [-0.2, -0.15) is 9.97 Å². The number of aromatic nitrogens is 6. The van der Waals surface area contributed by atoms with Gasteiger partial charge in [-0.05, 0) is 6.07 Å². The number of H-pyrrole nitrogens is 1. The van der Waals surface area contributed by atoms with Gasteiger partial charge in [0, 0.05) is 6.20 Å². The molecule has 5 heterocycles. The number of aliphatic hydroxyl groups excluding tert-OH is 4. The van der Waals surface area contributed by atoms with Crippen molar-refractivity contribution in [2.45, 2.75) is 49.1 Å². The number of aromatic amines is 1. The van der Waals surface area contributed by atoms with Crippen LogP contribution in [0.2, 0.25) is 0 Å². The molecule has 218 valence electrons. The number of phosphoric ester groups is 1. The number of anilines is 2. The van der Waals surface area contributed by atoms with E-state index in [4.69, 9.17) is 30.0 Å². The third-order valence-electron chi connectivity index (χ3n) is 6.33. The summed E-state index contributed by atoms with van der Waals surface area (Å²) in [4.78, 5) is 47.8. The Kier molecular flexibility index (Phi) is 7.48. The number of rotatable bonds is 8. The van der Waals surface area contributed by atoms with Crippen molar-refractivity contribution in [1.82, 2.24) is 29.1 Å². The minimum Gasteiger partial charge on any atom is -0.387 e. The Morgan fingerprint density at radius 2 is 1.52 bits per heavy atom.